The fraction of sp³-hybridized carbons (Fsp3) is 0.333. The van der Waals surface area contributed by atoms with Crippen LogP contribution in [-0.2, 0) is 24.3 Å². The molecule has 3 heterocycles. The van der Waals surface area contributed by atoms with Crippen LogP contribution in [0.5, 0.6) is 0 Å². The Kier molecular flexibility index (Phi) is 5.11. The van der Waals surface area contributed by atoms with Crippen molar-refractivity contribution < 1.29 is 9.53 Å². The summed E-state index contributed by atoms with van der Waals surface area (Å²) in [5.41, 5.74) is 4.50. The molecule has 3 aromatic rings. The van der Waals surface area contributed by atoms with E-state index in [0.29, 0.717) is 24.4 Å². The van der Waals surface area contributed by atoms with E-state index in [2.05, 4.69) is 41.1 Å². The third-order valence-electron chi connectivity index (χ3n) is 6.26. The van der Waals surface area contributed by atoms with Gasteiger partial charge in [-0.05, 0) is 37.2 Å². The molecule has 0 bridgehead atoms. The average Bonchev–Trinajstić information content (AvgIpc) is 3.35. The van der Waals surface area contributed by atoms with Gasteiger partial charge in [0.25, 0.3) is 0 Å². The maximum absolute atomic E-state index is 13.0. The highest BCUT2D eigenvalue weighted by molar-refractivity contribution is 5.93. The maximum Gasteiger partial charge on any atom is 0.338 e. The number of para-hydroxylation sites is 1. The lowest BCUT2D eigenvalue weighted by atomic mass is 10.1. The Morgan fingerprint density at radius 1 is 0.968 bits per heavy atom. The first-order valence-corrected chi connectivity index (χ1v) is 10.7. The SMILES string of the molecule is CN1CCN(c2ccccc2CCn2ccn(-c3ccc4c(c3)C(=O)OC4)c2=O)CC1. The number of ether oxygens (including phenoxy) is 1. The summed E-state index contributed by atoms with van der Waals surface area (Å²) in [6.07, 6.45) is 4.35. The number of likely N-dealkylation sites (N-methyl/N-ethyl adjacent to an activating group) is 1. The van der Waals surface area contributed by atoms with Crippen molar-refractivity contribution in [1.29, 1.82) is 0 Å². The van der Waals surface area contributed by atoms with Crippen LogP contribution in [0.3, 0.4) is 0 Å². The number of piperazine rings is 1. The van der Waals surface area contributed by atoms with Crippen LogP contribution in [0, 0.1) is 0 Å². The smallest absolute Gasteiger partial charge is 0.338 e. The van der Waals surface area contributed by atoms with E-state index in [1.165, 1.54) is 11.3 Å². The van der Waals surface area contributed by atoms with Gasteiger partial charge in [-0.2, -0.15) is 0 Å². The van der Waals surface area contributed by atoms with E-state index in [-0.39, 0.29) is 11.7 Å². The molecule has 0 unspecified atom stereocenters. The van der Waals surface area contributed by atoms with Crippen LogP contribution in [-0.4, -0.2) is 53.2 Å². The molecular weight excluding hydrogens is 392 g/mol. The molecule has 0 radical (unpaired) electrons. The summed E-state index contributed by atoms with van der Waals surface area (Å²) < 4.78 is 8.38. The van der Waals surface area contributed by atoms with Crippen LogP contribution >= 0.6 is 0 Å². The van der Waals surface area contributed by atoms with Gasteiger partial charge in [0, 0.05) is 56.4 Å². The van der Waals surface area contributed by atoms with Gasteiger partial charge in [-0.3, -0.25) is 9.13 Å². The third-order valence-corrected chi connectivity index (χ3v) is 6.26. The van der Waals surface area contributed by atoms with Crippen LogP contribution in [0.25, 0.3) is 5.69 Å². The summed E-state index contributed by atoms with van der Waals surface area (Å²) in [4.78, 5) is 29.6. The number of aryl methyl sites for hydroxylation is 2. The van der Waals surface area contributed by atoms with Crippen LogP contribution in [0.1, 0.15) is 21.5 Å². The summed E-state index contributed by atoms with van der Waals surface area (Å²) in [5, 5.41) is 0. The lowest BCUT2D eigenvalue weighted by molar-refractivity contribution is 0.0535. The Bertz CT molecular complexity index is 1170. The Morgan fingerprint density at radius 3 is 2.61 bits per heavy atom. The van der Waals surface area contributed by atoms with Crippen LogP contribution in [0.2, 0.25) is 0 Å². The quantitative estimate of drug-likeness (QED) is 0.595. The molecule has 0 aliphatic carbocycles. The van der Waals surface area contributed by atoms with Gasteiger partial charge in [0.05, 0.1) is 11.3 Å². The molecule has 7 heteroatoms. The van der Waals surface area contributed by atoms with Gasteiger partial charge in [0.15, 0.2) is 0 Å². The van der Waals surface area contributed by atoms with Crippen molar-refractivity contribution >= 4 is 11.7 Å². The van der Waals surface area contributed by atoms with E-state index in [9.17, 15) is 9.59 Å². The maximum atomic E-state index is 13.0. The molecule has 0 amide bonds. The number of imidazole rings is 1. The topological polar surface area (TPSA) is 59.7 Å². The fourth-order valence-electron chi connectivity index (χ4n) is 4.35. The van der Waals surface area contributed by atoms with Crippen LogP contribution in [0.15, 0.2) is 59.7 Å². The highest BCUT2D eigenvalue weighted by atomic mass is 16.5. The van der Waals surface area contributed by atoms with Gasteiger partial charge in [-0.25, -0.2) is 9.59 Å². The molecule has 7 nitrogen and oxygen atoms in total. The summed E-state index contributed by atoms with van der Waals surface area (Å²) >= 11 is 0. The highest BCUT2D eigenvalue weighted by Gasteiger charge is 2.22. The molecule has 31 heavy (non-hydrogen) atoms. The van der Waals surface area contributed by atoms with Crippen molar-refractivity contribution in [2.24, 2.45) is 0 Å². The number of rotatable bonds is 5. The number of carbonyl (C=O) groups excluding carboxylic acids is 1. The number of cyclic esters (lactones) is 1. The molecule has 1 fully saturated rings. The van der Waals surface area contributed by atoms with Crippen LogP contribution in [0.4, 0.5) is 5.69 Å². The van der Waals surface area contributed by atoms with Crippen molar-refractivity contribution in [3.8, 4) is 5.69 Å². The van der Waals surface area contributed by atoms with Crippen LogP contribution < -0.4 is 10.6 Å². The fourth-order valence-corrected chi connectivity index (χ4v) is 4.35. The normalized spacial score (nSPS) is 16.4. The first-order valence-electron chi connectivity index (χ1n) is 10.7. The predicted molar refractivity (Wildman–Crippen MR) is 119 cm³/mol. The molecule has 0 atom stereocenters. The largest absolute Gasteiger partial charge is 0.457 e. The van der Waals surface area contributed by atoms with Crippen molar-refractivity contribution in [3.63, 3.8) is 0 Å². The minimum Gasteiger partial charge on any atom is -0.457 e. The first-order chi connectivity index (χ1) is 15.1. The molecule has 2 aliphatic rings. The molecule has 5 rings (SSSR count). The Balaban J connectivity index is 1.34. The number of hydrogen-bond acceptors (Lipinski definition) is 5. The van der Waals surface area contributed by atoms with Gasteiger partial charge in [-0.1, -0.05) is 24.3 Å². The Morgan fingerprint density at radius 2 is 1.77 bits per heavy atom. The zero-order valence-corrected chi connectivity index (χ0v) is 17.7. The summed E-state index contributed by atoms with van der Waals surface area (Å²) in [7, 11) is 2.16. The van der Waals surface area contributed by atoms with Gasteiger partial charge >= 0.3 is 11.7 Å². The first kappa shape index (κ1) is 19.6. The Hall–Kier alpha value is -3.32. The minimum absolute atomic E-state index is 0.108. The molecule has 160 valence electrons. The number of anilines is 1. The molecule has 2 aliphatic heterocycles. The molecule has 1 saturated heterocycles. The lowest BCUT2D eigenvalue weighted by Crippen LogP contribution is -2.44. The van der Waals surface area contributed by atoms with E-state index >= 15 is 0 Å². The number of hydrogen-bond donors (Lipinski definition) is 0. The number of carbonyl (C=O) groups is 1. The predicted octanol–water partition coefficient (Wildman–Crippen LogP) is 2.30. The van der Waals surface area contributed by atoms with E-state index in [1.807, 2.05) is 18.3 Å². The van der Waals surface area contributed by atoms with Gasteiger partial charge in [-0.15, -0.1) is 0 Å². The number of esters is 1. The van der Waals surface area contributed by atoms with Crippen molar-refractivity contribution in [2.45, 2.75) is 19.6 Å². The van der Waals surface area contributed by atoms with Crippen molar-refractivity contribution in [2.75, 3.05) is 38.1 Å². The van der Waals surface area contributed by atoms with E-state index in [1.54, 1.807) is 21.4 Å². The van der Waals surface area contributed by atoms with Gasteiger partial charge in [0.1, 0.15) is 6.61 Å². The zero-order chi connectivity index (χ0) is 21.4. The number of fused-ring (bicyclic) bond motifs is 1. The molecule has 1 aromatic heterocycles. The second-order valence-electron chi connectivity index (χ2n) is 8.23. The third kappa shape index (κ3) is 3.77. The number of nitrogens with zero attached hydrogens (tertiary/aromatic N) is 4. The second-order valence-corrected chi connectivity index (χ2v) is 8.23. The van der Waals surface area contributed by atoms with E-state index in [4.69, 9.17) is 4.74 Å². The molecule has 0 N–H and O–H groups in total. The Labute approximate surface area is 181 Å². The standard InChI is InChI=1S/C24H26N4O3/c1-25-10-12-26(13-11-25)22-5-3-2-4-18(22)8-9-27-14-15-28(24(27)30)20-7-6-19-17-31-23(29)21(19)16-20/h2-7,14-16H,8-13,17H2,1H3. The number of benzene rings is 2. The zero-order valence-electron chi connectivity index (χ0n) is 17.7. The minimum atomic E-state index is -0.329. The van der Waals surface area contributed by atoms with Gasteiger partial charge in [0.2, 0.25) is 0 Å². The summed E-state index contributed by atoms with van der Waals surface area (Å²) in [5.74, 6) is -0.329. The second kappa shape index (κ2) is 8.07. The van der Waals surface area contributed by atoms with E-state index < -0.39 is 0 Å². The lowest BCUT2D eigenvalue weighted by Gasteiger charge is -2.35. The molecular formula is C24H26N4O3. The summed E-state index contributed by atoms with van der Waals surface area (Å²) in [6.45, 7) is 5.06. The average molecular weight is 418 g/mol. The van der Waals surface area contributed by atoms with Crippen molar-refractivity contribution in [3.05, 3.63) is 82.0 Å². The summed E-state index contributed by atoms with van der Waals surface area (Å²) in [6, 6.07) is 13.9. The monoisotopic (exact) mass is 418 g/mol. The molecule has 0 spiro atoms. The van der Waals surface area contributed by atoms with Gasteiger partial charge < -0.3 is 14.5 Å². The highest BCUT2D eigenvalue weighted by Crippen LogP contribution is 2.24. The van der Waals surface area contributed by atoms with E-state index in [0.717, 1.165) is 38.2 Å². The number of aromatic nitrogens is 2. The molecule has 2 aromatic carbocycles. The molecule has 0 saturated carbocycles. The van der Waals surface area contributed by atoms with Crippen molar-refractivity contribution in [1.82, 2.24) is 14.0 Å².